The molecule has 3 N–H and O–H groups in total. The Kier molecular flexibility index (Phi) is 14.4. The van der Waals surface area contributed by atoms with Crippen LogP contribution in [0.3, 0.4) is 0 Å². The van der Waals surface area contributed by atoms with Gasteiger partial charge in [-0.1, -0.05) is 67.7 Å². The highest BCUT2D eigenvalue weighted by Crippen LogP contribution is 2.02. The van der Waals surface area contributed by atoms with E-state index in [1.165, 1.54) is 0 Å². The second-order valence-electron chi connectivity index (χ2n) is 5.58. The maximum atomic E-state index is 10.2. The molecule has 3 unspecified atom stereocenters. The molecule has 0 saturated carbocycles. The Morgan fingerprint density at radius 1 is 0.880 bits per heavy atom. The standard InChI is InChI=1S/C20H30O5/c1-2-17(21)11-8-5-9-14-18(22)12-6-3-4-7-13-19(23)15-10-16-20(24)25/h3-9,11-13,17-19,21-23H,2,10,14-16H2,1H3,(H,24,25)/p-1/b4-3+,9-5-,11-8+,12-6+,13-7-. The predicted octanol–water partition coefficient (Wildman–Crippen LogP) is 1.57. The second-order valence-corrected chi connectivity index (χ2v) is 5.58. The zero-order chi connectivity index (χ0) is 18.9. The highest BCUT2D eigenvalue weighted by molar-refractivity contribution is 5.64. The van der Waals surface area contributed by atoms with Crippen LogP contribution in [-0.4, -0.2) is 39.6 Å². The minimum atomic E-state index is -1.11. The number of carboxylic acids is 1. The van der Waals surface area contributed by atoms with Crippen LogP contribution in [0.5, 0.6) is 0 Å². The molecule has 3 atom stereocenters. The lowest BCUT2D eigenvalue weighted by molar-refractivity contribution is -0.305. The third-order valence-corrected chi connectivity index (χ3v) is 3.26. The summed E-state index contributed by atoms with van der Waals surface area (Å²) in [4.78, 5) is 10.2. The molecule has 0 radical (unpaired) electrons. The number of carbonyl (C=O) groups is 1. The molecule has 140 valence electrons. The van der Waals surface area contributed by atoms with Crippen LogP contribution in [0.25, 0.3) is 0 Å². The van der Waals surface area contributed by atoms with Gasteiger partial charge in [0.25, 0.3) is 0 Å². The summed E-state index contributed by atoms with van der Waals surface area (Å²) in [5.41, 5.74) is 0. The number of aliphatic carboxylic acids is 1. The monoisotopic (exact) mass is 349 g/mol. The molecule has 25 heavy (non-hydrogen) atoms. The summed E-state index contributed by atoms with van der Waals surface area (Å²) in [6.07, 6.45) is 17.3. The van der Waals surface area contributed by atoms with Crippen LogP contribution in [0.1, 0.15) is 39.0 Å². The first kappa shape index (κ1) is 23.1. The van der Waals surface area contributed by atoms with Gasteiger partial charge in [0.05, 0.1) is 18.3 Å². The SMILES string of the molecule is CCC(O)/C=C/C=C\CC(O)/C=C/C=C/C=C\C(O)CCCC(=O)[O-]. The van der Waals surface area contributed by atoms with Crippen molar-refractivity contribution in [3.05, 3.63) is 60.8 Å². The molecular formula is C20H29O5-. The number of hydrogen-bond donors (Lipinski definition) is 3. The van der Waals surface area contributed by atoms with Gasteiger partial charge in [0.2, 0.25) is 0 Å². The summed E-state index contributed by atoms with van der Waals surface area (Å²) in [5.74, 6) is -1.11. The maximum Gasteiger partial charge on any atom is 0.0758 e. The molecule has 0 rings (SSSR count). The zero-order valence-corrected chi connectivity index (χ0v) is 14.7. The fourth-order valence-electron chi connectivity index (χ4n) is 1.77. The number of aliphatic hydroxyl groups excluding tert-OH is 3. The Hall–Kier alpha value is -1.95. The number of aliphatic hydroxyl groups is 3. The van der Waals surface area contributed by atoms with E-state index in [0.717, 1.165) is 0 Å². The molecular weight excluding hydrogens is 320 g/mol. The van der Waals surface area contributed by atoms with E-state index < -0.39 is 24.3 Å². The number of allylic oxidation sites excluding steroid dienone is 6. The first-order valence-electron chi connectivity index (χ1n) is 8.54. The number of hydrogen-bond acceptors (Lipinski definition) is 5. The van der Waals surface area contributed by atoms with Crippen molar-refractivity contribution in [2.24, 2.45) is 0 Å². The molecule has 0 fully saturated rings. The van der Waals surface area contributed by atoms with Gasteiger partial charge >= 0.3 is 0 Å². The lowest BCUT2D eigenvalue weighted by atomic mass is 10.1. The number of rotatable bonds is 13. The van der Waals surface area contributed by atoms with E-state index >= 15 is 0 Å². The Morgan fingerprint density at radius 3 is 2.04 bits per heavy atom. The van der Waals surface area contributed by atoms with E-state index in [0.29, 0.717) is 25.7 Å². The van der Waals surface area contributed by atoms with Gasteiger partial charge in [-0.25, -0.2) is 0 Å². The minimum absolute atomic E-state index is 0.0508. The molecule has 0 spiro atoms. The van der Waals surface area contributed by atoms with Crippen molar-refractivity contribution in [1.29, 1.82) is 0 Å². The van der Waals surface area contributed by atoms with E-state index in [1.54, 1.807) is 54.7 Å². The highest BCUT2D eigenvalue weighted by Gasteiger charge is 1.97. The molecule has 0 aliphatic heterocycles. The topological polar surface area (TPSA) is 101 Å². The molecule has 0 heterocycles. The van der Waals surface area contributed by atoms with E-state index in [2.05, 4.69) is 0 Å². The van der Waals surface area contributed by atoms with Crippen molar-refractivity contribution in [2.45, 2.75) is 57.3 Å². The molecule has 0 aromatic rings. The summed E-state index contributed by atoms with van der Waals surface area (Å²) >= 11 is 0. The van der Waals surface area contributed by atoms with Gasteiger partial charge < -0.3 is 25.2 Å². The van der Waals surface area contributed by atoms with Gasteiger partial charge in [-0.3, -0.25) is 0 Å². The van der Waals surface area contributed by atoms with E-state index in [4.69, 9.17) is 0 Å². The number of carbonyl (C=O) groups excluding carboxylic acids is 1. The van der Waals surface area contributed by atoms with E-state index in [1.807, 2.05) is 13.0 Å². The Labute approximate surface area is 150 Å². The van der Waals surface area contributed by atoms with Gasteiger partial charge in [-0.2, -0.15) is 0 Å². The van der Waals surface area contributed by atoms with Gasteiger partial charge in [0, 0.05) is 5.97 Å². The zero-order valence-electron chi connectivity index (χ0n) is 14.7. The van der Waals surface area contributed by atoms with Crippen LogP contribution in [0.2, 0.25) is 0 Å². The first-order valence-corrected chi connectivity index (χ1v) is 8.54. The molecule has 0 saturated heterocycles. The molecule has 0 aromatic heterocycles. The van der Waals surface area contributed by atoms with Crippen molar-refractivity contribution in [2.75, 3.05) is 0 Å². The van der Waals surface area contributed by atoms with E-state index in [9.17, 15) is 25.2 Å². The summed E-state index contributed by atoms with van der Waals surface area (Å²) in [7, 11) is 0. The summed E-state index contributed by atoms with van der Waals surface area (Å²) < 4.78 is 0. The van der Waals surface area contributed by atoms with Crippen LogP contribution in [0.15, 0.2) is 60.8 Å². The normalized spacial score (nSPS) is 16.6. The molecule has 0 bridgehead atoms. The van der Waals surface area contributed by atoms with Gasteiger partial charge in [-0.15, -0.1) is 0 Å². The molecule has 0 aliphatic carbocycles. The quantitative estimate of drug-likeness (QED) is 0.438. The van der Waals surface area contributed by atoms with Crippen LogP contribution in [-0.2, 0) is 4.79 Å². The van der Waals surface area contributed by atoms with Gasteiger partial charge in [-0.05, 0) is 32.1 Å². The third kappa shape index (κ3) is 16.7. The van der Waals surface area contributed by atoms with Crippen molar-refractivity contribution in [3.63, 3.8) is 0 Å². The first-order chi connectivity index (χ1) is 12.0. The lowest BCUT2D eigenvalue weighted by Gasteiger charge is -2.04. The maximum absolute atomic E-state index is 10.2. The Morgan fingerprint density at radius 2 is 1.44 bits per heavy atom. The van der Waals surface area contributed by atoms with Crippen molar-refractivity contribution in [3.8, 4) is 0 Å². The fraction of sp³-hybridized carbons (Fsp3) is 0.450. The molecule has 0 aliphatic rings. The largest absolute Gasteiger partial charge is 0.550 e. The average Bonchev–Trinajstić information content (AvgIpc) is 2.57. The smallest absolute Gasteiger partial charge is 0.0758 e. The number of carboxylic acid groups (broad SMARTS) is 1. The second kappa shape index (κ2) is 15.6. The summed E-state index contributed by atoms with van der Waals surface area (Å²) in [5, 5.41) is 38.9. The van der Waals surface area contributed by atoms with Crippen LogP contribution < -0.4 is 5.11 Å². The van der Waals surface area contributed by atoms with Gasteiger partial charge in [0.1, 0.15) is 0 Å². The molecule has 5 nitrogen and oxygen atoms in total. The Balaban J connectivity index is 3.95. The molecule has 5 heteroatoms. The van der Waals surface area contributed by atoms with Crippen LogP contribution in [0, 0.1) is 0 Å². The van der Waals surface area contributed by atoms with Crippen LogP contribution in [0.4, 0.5) is 0 Å². The van der Waals surface area contributed by atoms with Crippen molar-refractivity contribution < 1.29 is 25.2 Å². The Bertz CT molecular complexity index is 488. The fourth-order valence-corrected chi connectivity index (χ4v) is 1.77. The lowest BCUT2D eigenvalue weighted by Crippen LogP contribution is -2.22. The average molecular weight is 349 g/mol. The predicted molar refractivity (Wildman–Crippen MR) is 97.5 cm³/mol. The van der Waals surface area contributed by atoms with Crippen molar-refractivity contribution in [1.82, 2.24) is 0 Å². The minimum Gasteiger partial charge on any atom is -0.550 e. The summed E-state index contributed by atoms with van der Waals surface area (Å²) in [6, 6.07) is 0. The molecule has 0 amide bonds. The van der Waals surface area contributed by atoms with Crippen molar-refractivity contribution >= 4 is 5.97 Å². The van der Waals surface area contributed by atoms with Gasteiger partial charge in [0.15, 0.2) is 0 Å². The van der Waals surface area contributed by atoms with Crippen LogP contribution >= 0.6 is 0 Å². The third-order valence-electron chi connectivity index (χ3n) is 3.26. The highest BCUT2D eigenvalue weighted by atomic mass is 16.4. The summed E-state index contributed by atoms with van der Waals surface area (Å²) in [6.45, 7) is 1.90. The van der Waals surface area contributed by atoms with E-state index in [-0.39, 0.29) is 6.42 Å². The molecule has 0 aromatic carbocycles.